The van der Waals surface area contributed by atoms with Gasteiger partial charge in [0.25, 0.3) is 0 Å². The number of nitrogens with zero attached hydrogens (tertiary/aromatic N) is 5. The van der Waals surface area contributed by atoms with Gasteiger partial charge in [-0.1, -0.05) is 6.92 Å². The molecule has 25 heavy (non-hydrogen) atoms. The first-order valence-corrected chi connectivity index (χ1v) is 8.55. The maximum atomic E-state index is 12.2. The average molecular weight is 347 g/mol. The van der Waals surface area contributed by atoms with Crippen molar-refractivity contribution in [3.63, 3.8) is 0 Å². The van der Waals surface area contributed by atoms with Crippen LogP contribution in [0.1, 0.15) is 18.2 Å². The summed E-state index contributed by atoms with van der Waals surface area (Å²) in [5.41, 5.74) is 1.07. The van der Waals surface area contributed by atoms with E-state index < -0.39 is 11.4 Å². The highest BCUT2D eigenvalue weighted by molar-refractivity contribution is 5.81. The van der Waals surface area contributed by atoms with Crippen LogP contribution in [0.4, 0.5) is 10.7 Å². The van der Waals surface area contributed by atoms with E-state index >= 15 is 0 Å². The van der Waals surface area contributed by atoms with Gasteiger partial charge in [0, 0.05) is 58.1 Å². The highest BCUT2D eigenvalue weighted by Crippen LogP contribution is 2.43. The number of likely N-dealkylation sites (tertiary alicyclic amines) is 1. The molecule has 2 amide bonds. The Hall–Kier alpha value is -2.38. The van der Waals surface area contributed by atoms with Gasteiger partial charge in [-0.15, -0.1) is 0 Å². The van der Waals surface area contributed by atoms with E-state index in [1.54, 1.807) is 25.2 Å². The first kappa shape index (κ1) is 17.4. The number of rotatable bonds is 3. The van der Waals surface area contributed by atoms with E-state index in [1.165, 1.54) is 4.90 Å². The van der Waals surface area contributed by atoms with E-state index in [9.17, 15) is 14.7 Å². The third-order valence-electron chi connectivity index (χ3n) is 5.37. The number of amides is 2. The zero-order chi connectivity index (χ0) is 18.4. The third kappa shape index (κ3) is 2.79. The Morgan fingerprint density at radius 2 is 2.08 bits per heavy atom. The van der Waals surface area contributed by atoms with Crippen LogP contribution in [0.3, 0.4) is 0 Å². The number of carbonyl (C=O) groups excluding carboxylic acids is 1. The number of aliphatic carboxylic acids is 1. The fraction of sp³-hybridized carbons (Fsp3) is 0.647. The van der Waals surface area contributed by atoms with Crippen LogP contribution in [0.5, 0.6) is 0 Å². The molecule has 3 heterocycles. The lowest BCUT2D eigenvalue weighted by Crippen LogP contribution is -2.44. The van der Waals surface area contributed by atoms with Crippen LogP contribution in [0.15, 0.2) is 6.20 Å². The summed E-state index contributed by atoms with van der Waals surface area (Å²) in [6.07, 6.45) is 2.61. The summed E-state index contributed by atoms with van der Waals surface area (Å²) in [5, 5.41) is 9.90. The number of carboxylic acid groups (broad SMARTS) is 1. The van der Waals surface area contributed by atoms with Crippen molar-refractivity contribution in [3.8, 4) is 0 Å². The Bertz CT molecular complexity index is 708. The molecule has 2 atom stereocenters. The van der Waals surface area contributed by atoms with Gasteiger partial charge in [0.1, 0.15) is 5.41 Å². The number of fused-ring (bicyclic) bond motifs is 1. The number of aromatic nitrogens is 2. The summed E-state index contributed by atoms with van der Waals surface area (Å²) in [7, 11) is 3.37. The Labute approximate surface area is 147 Å². The van der Waals surface area contributed by atoms with Crippen molar-refractivity contribution < 1.29 is 14.7 Å². The third-order valence-corrected chi connectivity index (χ3v) is 5.37. The molecule has 2 saturated heterocycles. The number of carbonyl (C=O) groups is 2. The largest absolute Gasteiger partial charge is 0.481 e. The fourth-order valence-electron chi connectivity index (χ4n) is 3.93. The molecule has 8 nitrogen and oxygen atoms in total. The Balaban J connectivity index is 1.85. The van der Waals surface area contributed by atoms with Crippen LogP contribution in [0.25, 0.3) is 0 Å². The highest BCUT2D eigenvalue weighted by atomic mass is 16.4. The fourth-order valence-corrected chi connectivity index (χ4v) is 3.93. The van der Waals surface area contributed by atoms with Crippen molar-refractivity contribution in [1.29, 1.82) is 0 Å². The summed E-state index contributed by atoms with van der Waals surface area (Å²) >= 11 is 0. The summed E-state index contributed by atoms with van der Waals surface area (Å²) in [6, 6.07) is -0.138. The van der Waals surface area contributed by atoms with E-state index in [1.807, 2.05) is 18.7 Å². The number of anilines is 1. The van der Waals surface area contributed by atoms with E-state index in [4.69, 9.17) is 0 Å². The molecule has 8 heteroatoms. The molecule has 1 aromatic rings. The van der Waals surface area contributed by atoms with Gasteiger partial charge in [-0.25, -0.2) is 14.8 Å². The number of aryl methyl sites for hydroxylation is 2. The molecule has 1 N–H and O–H groups in total. The summed E-state index contributed by atoms with van der Waals surface area (Å²) in [6.45, 7) is 5.58. The van der Waals surface area contributed by atoms with E-state index in [-0.39, 0.29) is 18.5 Å². The average Bonchev–Trinajstić information content (AvgIpc) is 3.09. The lowest BCUT2D eigenvalue weighted by molar-refractivity contribution is -0.148. The number of urea groups is 1. The molecule has 0 radical (unpaired) electrons. The predicted octanol–water partition coefficient (Wildman–Crippen LogP) is 0.852. The number of hydrogen-bond acceptors (Lipinski definition) is 5. The van der Waals surface area contributed by atoms with Crippen LogP contribution in [-0.4, -0.2) is 77.1 Å². The molecular weight excluding hydrogens is 322 g/mol. The Morgan fingerprint density at radius 3 is 2.64 bits per heavy atom. The van der Waals surface area contributed by atoms with E-state index in [0.29, 0.717) is 25.6 Å². The highest BCUT2D eigenvalue weighted by Gasteiger charge is 2.59. The van der Waals surface area contributed by atoms with Gasteiger partial charge < -0.3 is 19.8 Å². The van der Waals surface area contributed by atoms with Gasteiger partial charge in [0.15, 0.2) is 0 Å². The molecule has 2 fully saturated rings. The van der Waals surface area contributed by atoms with Crippen molar-refractivity contribution in [2.45, 2.75) is 20.3 Å². The van der Waals surface area contributed by atoms with Gasteiger partial charge in [-0.2, -0.15) is 0 Å². The van der Waals surface area contributed by atoms with Crippen LogP contribution in [0.2, 0.25) is 0 Å². The molecule has 0 aliphatic carbocycles. The molecule has 0 aromatic carbocycles. The summed E-state index contributed by atoms with van der Waals surface area (Å²) < 4.78 is 0. The zero-order valence-electron chi connectivity index (χ0n) is 15.2. The maximum absolute atomic E-state index is 12.2. The minimum absolute atomic E-state index is 0.121. The first-order chi connectivity index (χ1) is 11.8. The maximum Gasteiger partial charge on any atom is 0.319 e. The smallest absolute Gasteiger partial charge is 0.319 e. The monoisotopic (exact) mass is 347 g/mol. The molecule has 0 spiro atoms. The van der Waals surface area contributed by atoms with Gasteiger partial charge >= 0.3 is 12.0 Å². The van der Waals surface area contributed by atoms with Crippen LogP contribution >= 0.6 is 0 Å². The molecule has 3 rings (SSSR count). The van der Waals surface area contributed by atoms with Crippen molar-refractivity contribution in [2.75, 3.05) is 45.2 Å². The molecule has 0 saturated carbocycles. The second-order valence-corrected chi connectivity index (χ2v) is 7.25. The van der Waals surface area contributed by atoms with E-state index in [0.717, 1.165) is 17.7 Å². The minimum atomic E-state index is -0.952. The van der Waals surface area contributed by atoms with Crippen LogP contribution in [-0.2, 0) is 11.2 Å². The lowest BCUT2D eigenvalue weighted by atomic mass is 9.81. The minimum Gasteiger partial charge on any atom is -0.481 e. The van der Waals surface area contributed by atoms with Gasteiger partial charge in [0.2, 0.25) is 5.95 Å². The second-order valence-electron chi connectivity index (χ2n) is 7.25. The van der Waals surface area contributed by atoms with Gasteiger partial charge in [-0.3, -0.25) is 4.79 Å². The number of hydrogen-bond donors (Lipinski definition) is 1. The second kappa shape index (κ2) is 6.16. The molecule has 2 aliphatic rings. The van der Waals surface area contributed by atoms with Gasteiger partial charge in [0.05, 0.1) is 0 Å². The Kier molecular flexibility index (Phi) is 4.30. The number of carboxylic acids is 1. The van der Waals surface area contributed by atoms with Crippen LogP contribution in [0, 0.1) is 18.3 Å². The SMILES string of the molecule is CCc1nc(N2C[C@H]3CN(C(=O)N(C)C)C[C@@]3(C(=O)O)C2)ncc1C. The van der Waals surface area contributed by atoms with Gasteiger partial charge in [-0.05, 0) is 18.9 Å². The normalized spacial score (nSPS) is 25.2. The van der Waals surface area contributed by atoms with Crippen molar-refractivity contribution in [2.24, 2.45) is 11.3 Å². The van der Waals surface area contributed by atoms with Crippen molar-refractivity contribution >= 4 is 17.9 Å². The van der Waals surface area contributed by atoms with Crippen molar-refractivity contribution in [1.82, 2.24) is 19.8 Å². The molecule has 0 unspecified atom stereocenters. The standard InChI is InChI=1S/C17H25N5O3/c1-5-13-11(2)6-18-15(19-13)21-7-12-8-22(16(25)20(3)4)10-17(12,9-21)14(23)24/h6,12H,5,7-10H2,1-4H3,(H,23,24)/t12-,17-/m0/s1. The van der Waals surface area contributed by atoms with Crippen LogP contribution < -0.4 is 4.90 Å². The van der Waals surface area contributed by atoms with Crippen molar-refractivity contribution in [3.05, 3.63) is 17.5 Å². The zero-order valence-corrected chi connectivity index (χ0v) is 15.2. The Morgan fingerprint density at radius 1 is 1.36 bits per heavy atom. The molecular formula is C17H25N5O3. The molecule has 1 aromatic heterocycles. The summed E-state index contributed by atoms with van der Waals surface area (Å²) in [4.78, 5) is 38.4. The van der Waals surface area contributed by atoms with E-state index in [2.05, 4.69) is 9.97 Å². The molecule has 136 valence electrons. The first-order valence-electron chi connectivity index (χ1n) is 8.55. The quantitative estimate of drug-likeness (QED) is 0.872. The topological polar surface area (TPSA) is 89.9 Å². The molecule has 2 aliphatic heterocycles. The molecule has 0 bridgehead atoms. The predicted molar refractivity (Wildman–Crippen MR) is 92.6 cm³/mol. The lowest BCUT2D eigenvalue weighted by Gasteiger charge is -2.27. The summed E-state index contributed by atoms with van der Waals surface area (Å²) in [5.74, 6) is -0.385.